The van der Waals surface area contributed by atoms with E-state index in [2.05, 4.69) is 10.6 Å². The predicted molar refractivity (Wildman–Crippen MR) is 83.1 cm³/mol. The molecule has 0 aromatic heterocycles. The van der Waals surface area contributed by atoms with E-state index in [9.17, 15) is 9.18 Å². The summed E-state index contributed by atoms with van der Waals surface area (Å²) in [6.45, 7) is 1.88. The standard InChI is InChI=1S/C15H15ClFN3O/c1-9(18)10-2-4-11(5-3-10)19-15(21)20-12-6-7-14(17)13(16)8-12/h2-9H,18H2,1H3,(H2,19,20,21). The number of rotatable bonds is 3. The average Bonchev–Trinajstić information content (AvgIpc) is 2.43. The Morgan fingerprint density at radius 1 is 1.14 bits per heavy atom. The van der Waals surface area contributed by atoms with E-state index in [0.717, 1.165) is 5.56 Å². The molecule has 2 aromatic rings. The highest BCUT2D eigenvalue weighted by molar-refractivity contribution is 6.31. The molecule has 0 aliphatic rings. The first-order valence-corrected chi connectivity index (χ1v) is 6.72. The molecule has 4 N–H and O–H groups in total. The van der Waals surface area contributed by atoms with Gasteiger partial charge in [-0.3, -0.25) is 0 Å². The van der Waals surface area contributed by atoms with E-state index in [4.69, 9.17) is 17.3 Å². The Bertz CT molecular complexity index is 644. The minimum atomic E-state index is -0.533. The number of nitrogens with two attached hydrogens (primary N) is 1. The fourth-order valence-electron chi connectivity index (χ4n) is 1.74. The van der Waals surface area contributed by atoms with Crippen LogP contribution in [0.4, 0.5) is 20.6 Å². The van der Waals surface area contributed by atoms with Gasteiger partial charge in [0.15, 0.2) is 0 Å². The number of urea groups is 1. The zero-order chi connectivity index (χ0) is 15.4. The Morgan fingerprint density at radius 3 is 2.29 bits per heavy atom. The lowest BCUT2D eigenvalue weighted by Crippen LogP contribution is -2.19. The van der Waals surface area contributed by atoms with Gasteiger partial charge < -0.3 is 16.4 Å². The lowest BCUT2D eigenvalue weighted by molar-refractivity contribution is 0.262. The summed E-state index contributed by atoms with van der Waals surface area (Å²) in [6.07, 6.45) is 0. The van der Waals surface area contributed by atoms with Gasteiger partial charge in [0.25, 0.3) is 0 Å². The average molecular weight is 308 g/mol. The number of carbonyl (C=O) groups is 1. The summed E-state index contributed by atoms with van der Waals surface area (Å²) >= 11 is 5.65. The van der Waals surface area contributed by atoms with E-state index in [0.29, 0.717) is 11.4 Å². The van der Waals surface area contributed by atoms with Crippen LogP contribution in [0, 0.1) is 5.82 Å². The van der Waals surface area contributed by atoms with Crippen molar-refractivity contribution in [2.24, 2.45) is 5.73 Å². The third kappa shape index (κ3) is 4.18. The van der Waals surface area contributed by atoms with Gasteiger partial charge in [-0.25, -0.2) is 9.18 Å². The van der Waals surface area contributed by atoms with E-state index in [1.165, 1.54) is 18.2 Å². The van der Waals surface area contributed by atoms with E-state index in [1.807, 2.05) is 19.1 Å². The van der Waals surface area contributed by atoms with E-state index >= 15 is 0 Å². The van der Waals surface area contributed by atoms with Gasteiger partial charge in [0.05, 0.1) is 5.02 Å². The predicted octanol–water partition coefficient (Wildman–Crippen LogP) is 4.14. The molecule has 2 amide bonds. The third-order valence-corrected chi connectivity index (χ3v) is 3.16. The van der Waals surface area contributed by atoms with Crippen LogP contribution in [0.3, 0.4) is 0 Å². The van der Waals surface area contributed by atoms with Gasteiger partial charge in [-0.2, -0.15) is 0 Å². The van der Waals surface area contributed by atoms with Crippen molar-refractivity contribution in [3.05, 3.63) is 58.9 Å². The van der Waals surface area contributed by atoms with Crippen molar-refractivity contribution in [1.82, 2.24) is 0 Å². The molecule has 110 valence electrons. The molecule has 0 saturated carbocycles. The maximum absolute atomic E-state index is 13.0. The second kappa shape index (κ2) is 6.56. The molecule has 1 atom stereocenters. The van der Waals surface area contributed by atoms with Crippen LogP contribution in [0.2, 0.25) is 5.02 Å². The van der Waals surface area contributed by atoms with Crippen molar-refractivity contribution in [2.45, 2.75) is 13.0 Å². The van der Waals surface area contributed by atoms with E-state index in [-0.39, 0.29) is 11.1 Å². The summed E-state index contributed by atoms with van der Waals surface area (Å²) in [5.41, 5.74) is 7.77. The molecule has 21 heavy (non-hydrogen) atoms. The van der Waals surface area contributed by atoms with Crippen LogP contribution in [0.5, 0.6) is 0 Å². The van der Waals surface area contributed by atoms with Crippen molar-refractivity contribution in [3.63, 3.8) is 0 Å². The Morgan fingerprint density at radius 2 is 1.71 bits per heavy atom. The van der Waals surface area contributed by atoms with Crippen molar-refractivity contribution < 1.29 is 9.18 Å². The number of nitrogens with one attached hydrogen (secondary N) is 2. The number of carbonyl (C=O) groups excluding carboxylic acids is 1. The summed E-state index contributed by atoms with van der Waals surface area (Å²) in [6, 6.07) is 10.7. The smallest absolute Gasteiger partial charge is 0.323 e. The topological polar surface area (TPSA) is 67.1 Å². The fraction of sp³-hybridized carbons (Fsp3) is 0.133. The Balaban J connectivity index is 1.99. The lowest BCUT2D eigenvalue weighted by Gasteiger charge is -2.10. The number of hydrogen-bond acceptors (Lipinski definition) is 2. The van der Waals surface area contributed by atoms with Crippen LogP contribution in [-0.2, 0) is 0 Å². The molecular weight excluding hydrogens is 293 g/mol. The van der Waals surface area contributed by atoms with E-state index < -0.39 is 11.8 Å². The summed E-state index contributed by atoms with van der Waals surface area (Å²) in [5.74, 6) is -0.533. The van der Waals surface area contributed by atoms with Gasteiger partial charge in [-0.15, -0.1) is 0 Å². The summed E-state index contributed by atoms with van der Waals surface area (Å²) < 4.78 is 13.0. The molecule has 0 bridgehead atoms. The van der Waals surface area contributed by atoms with Crippen LogP contribution in [0.15, 0.2) is 42.5 Å². The van der Waals surface area contributed by atoms with Gasteiger partial charge in [0.2, 0.25) is 0 Å². The summed E-state index contributed by atoms with van der Waals surface area (Å²) in [5, 5.41) is 5.19. The molecule has 6 heteroatoms. The molecule has 0 heterocycles. The molecule has 4 nitrogen and oxygen atoms in total. The van der Waals surface area contributed by atoms with E-state index in [1.54, 1.807) is 12.1 Å². The quantitative estimate of drug-likeness (QED) is 0.797. The zero-order valence-corrected chi connectivity index (χ0v) is 12.1. The fourth-order valence-corrected chi connectivity index (χ4v) is 1.92. The van der Waals surface area contributed by atoms with Gasteiger partial charge >= 0.3 is 6.03 Å². The van der Waals surface area contributed by atoms with Crippen LogP contribution in [0.1, 0.15) is 18.5 Å². The molecule has 0 fully saturated rings. The molecule has 0 aliphatic heterocycles. The highest BCUT2D eigenvalue weighted by atomic mass is 35.5. The van der Waals surface area contributed by atoms with Gasteiger partial charge in [0, 0.05) is 17.4 Å². The zero-order valence-electron chi connectivity index (χ0n) is 11.4. The molecule has 0 aliphatic carbocycles. The molecule has 2 rings (SSSR count). The Hall–Kier alpha value is -2.11. The molecule has 0 radical (unpaired) electrons. The Kier molecular flexibility index (Phi) is 4.77. The maximum atomic E-state index is 13.0. The second-order valence-corrected chi connectivity index (χ2v) is 5.03. The monoisotopic (exact) mass is 307 g/mol. The van der Waals surface area contributed by atoms with Gasteiger partial charge in [-0.05, 0) is 42.8 Å². The molecular formula is C15H15ClFN3O. The van der Waals surface area contributed by atoms with Crippen LogP contribution in [-0.4, -0.2) is 6.03 Å². The maximum Gasteiger partial charge on any atom is 0.323 e. The molecule has 2 aromatic carbocycles. The number of halogens is 2. The minimum Gasteiger partial charge on any atom is -0.324 e. The third-order valence-electron chi connectivity index (χ3n) is 2.87. The summed E-state index contributed by atoms with van der Waals surface area (Å²) in [4.78, 5) is 11.8. The summed E-state index contributed by atoms with van der Waals surface area (Å²) in [7, 11) is 0. The first-order valence-electron chi connectivity index (χ1n) is 6.34. The highest BCUT2D eigenvalue weighted by Gasteiger charge is 2.06. The van der Waals surface area contributed by atoms with Crippen molar-refractivity contribution in [1.29, 1.82) is 0 Å². The van der Waals surface area contributed by atoms with Crippen LogP contribution in [0.25, 0.3) is 0 Å². The van der Waals surface area contributed by atoms with Crippen molar-refractivity contribution >= 4 is 29.0 Å². The van der Waals surface area contributed by atoms with Crippen molar-refractivity contribution in [2.75, 3.05) is 10.6 Å². The largest absolute Gasteiger partial charge is 0.324 e. The number of benzene rings is 2. The molecule has 0 saturated heterocycles. The van der Waals surface area contributed by atoms with Crippen LogP contribution < -0.4 is 16.4 Å². The lowest BCUT2D eigenvalue weighted by atomic mass is 10.1. The highest BCUT2D eigenvalue weighted by Crippen LogP contribution is 2.20. The minimum absolute atomic E-state index is 0.0471. The van der Waals surface area contributed by atoms with Gasteiger partial charge in [-0.1, -0.05) is 23.7 Å². The second-order valence-electron chi connectivity index (χ2n) is 4.62. The Labute approximate surface area is 127 Å². The molecule has 0 spiro atoms. The molecule has 1 unspecified atom stereocenters. The number of amides is 2. The number of anilines is 2. The first-order chi connectivity index (χ1) is 9.95. The SMILES string of the molecule is CC(N)c1ccc(NC(=O)Nc2ccc(F)c(Cl)c2)cc1. The van der Waals surface area contributed by atoms with Crippen molar-refractivity contribution in [3.8, 4) is 0 Å². The normalized spacial score (nSPS) is 11.8. The van der Waals surface area contributed by atoms with Crippen LogP contribution >= 0.6 is 11.6 Å². The number of hydrogen-bond donors (Lipinski definition) is 3. The first kappa shape index (κ1) is 15.3. The van der Waals surface area contributed by atoms with Gasteiger partial charge in [0.1, 0.15) is 5.82 Å².